The molecule has 0 spiro atoms. The van der Waals surface area contributed by atoms with Crippen molar-refractivity contribution in [3.05, 3.63) is 54.1 Å². The van der Waals surface area contributed by atoms with Crippen LogP contribution in [0.15, 0.2) is 48.6 Å². The third-order valence-corrected chi connectivity index (χ3v) is 6.53. The van der Waals surface area contributed by atoms with Crippen molar-refractivity contribution in [1.29, 1.82) is 0 Å². The number of aliphatic hydroxyl groups is 1. The number of benzene rings is 1. The van der Waals surface area contributed by atoms with Crippen molar-refractivity contribution in [2.24, 2.45) is 5.92 Å². The molecule has 4 nitrogen and oxygen atoms in total. The molecule has 0 amide bonds. The van der Waals surface area contributed by atoms with E-state index in [0.29, 0.717) is 13.0 Å². The van der Waals surface area contributed by atoms with Gasteiger partial charge < -0.3 is 5.11 Å². The predicted molar refractivity (Wildman–Crippen MR) is 106 cm³/mol. The van der Waals surface area contributed by atoms with Crippen LogP contribution in [-0.2, 0) is 10.0 Å². The molecule has 1 N–H and O–H groups in total. The fourth-order valence-corrected chi connectivity index (χ4v) is 4.42. The van der Waals surface area contributed by atoms with Crippen molar-refractivity contribution in [2.75, 3.05) is 20.2 Å². The number of sulfonamides is 1. The molecule has 2 atom stereocenters. The first-order chi connectivity index (χ1) is 11.9. The Morgan fingerprint density at radius 3 is 2.40 bits per heavy atom. The predicted octanol–water partition coefficient (Wildman–Crippen LogP) is 3.70. The van der Waals surface area contributed by atoms with Crippen molar-refractivity contribution in [2.45, 2.75) is 38.4 Å². The van der Waals surface area contributed by atoms with Gasteiger partial charge >= 0.3 is 0 Å². The fourth-order valence-electron chi connectivity index (χ4n) is 2.63. The Kier molecular flexibility index (Phi) is 9.71. The molecule has 0 fully saturated rings. The second-order valence-electron chi connectivity index (χ2n) is 6.27. The van der Waals surface area contributed by atoms with E-state index in [-0.39, 0.29) is 12.5 Å². The largest absolute Gasteiger partial charge is 0.396 e. The molecule has 1 rings (SSSR count). The molecule has 25 heavy (non-hydrogen) atoms. The highest BCUT2D eigenvalue weighted by molar-refractivity contribution is 7.89. The Labute approximate surface area is 152 Å². The summed E-state index contributed by atoms with van der Waals surface area (Å²) in [5.74, 6) is -0.138. The molecule has 5 heteroatoms. The molecule has 2 unspecified atom stereocenters. The van der Waals surface area contributed by atoms with Crippen molar-refractivity contribution in [1.82, 2.24) is 4.31 Å². The third kappa shape index (κ3) is 7.14. The number of nitrogens with zero attached hydrogens (tertiary/aromatic N) is 1. The zero-order valence-electron chi connectivity index (χ0n) is 15.5. The lowest BCUT2D eigenvalue weighted by molar-refractivity contribution is 0.281. The average Bonchev–Trinajstić information content (AvgIpc) is 2.61. The normalized spacial score (nSPS) is 15.2. The van der Waals surface area contributed by atoms with Crippen LogP contribution in [0.2, 0.25) is 0 Å². The Bertz CT molecular complexity index is 638. The van der Waals surface area contributed by atoms with Crippen LogP contribution in [0.1, 0.15) is 38.7 Å². The highest BCUT2D eigenvalue weighted by Gasteiger charge is 2.30. The van der Waals surface area contributed by atoms with Gasteiger partial charge in [0.15, 0.2) is 0 Å². The van der Waals surface area contributed by atoms with E-state index < -0.39 is 15.3 Å². The van der Waals surface area contributed by atoms with Gasteiger partial charge in [0.1, 0.15) is 0 Å². The quantitative estimate of drug-likeness (QED) is 0.480. The molecular formula is C20H31NO3S. The number of hydrogen-bond donors (Lipinski definition) is 1. The molecule has 0 bridgehead atoms. The molecule has 140 valence electrons. The van der Waals surface area contributed by atoms with Gasteiger partial charge in [0.2, 0.25) is 10.0 Å². The lowest BCUT2D eigenvalue weighted by Gasteiger charge is -2.25. The van der Waals surface area contributed by atoms with E-state index >= 15 is 0 Å². The Balaban J connectivity index is 2.83. The zero-order valence-corrected chi connectivity index (χ0v) is 16.3. The Morgan fingerprint density at radius 1 is 1.12 bits per heavy atom. The summed E-state index contributed by atoms with van der Waals surface area (Å²) >= 11 is 0. The minimum atomic E-state index is -3.42. The topological polar surface area (TPSA) is 57.6 Å². The van der Waals surface area contributed by atoms with E-state index in [2.05, 4.69) is 0 Å². The van der Waals surface area contributed by atoms with Gasteiger partial charge in [-0.1, -0.05) is 61.6 Å². The van der Waals surface area contributed by atoms with Gasteiger partial charge in [0, 0.05) is 20.2 Å². The lowest BCUT2D eigenvalue weighted by Crippen LogP contribution is -2.38. The van der Waals surface area contributed by atoms with Gasteiger partial charge in [-0.3, -0.25) is 0 Å². The maximum absolute atomic E-state index is 12.9. The van der Waals surface area contributed by atoms with E-state index in [1.54, 1.807) is 19.2 Å². The van der Waals surface area contributed by atoms with Gasteiger partial charge in [0.25, 0.3) is 0 Å². The van der Waals surface area contributed by atoms with E-state index in [1.165, 1.54) is 4.31 Å². The summed E-state index contributed by atoms with van der Waals surface area (Å²) in [6.45, 7) is 4.41. The summed E-state index contributed by atoms with van der Waals surface area (Å²) in [5, 5.41) is 8.24. The number of aliphatic hydroxyl groups excluding tert-OH is 1. The minimum Gasteiger partial charge on any atom is -0.396 e. The van der Waals surface area contributed by atoms with E-state index in [4.69, 9.17) is 5.11 Å². The van der Waals surface area contributed by atoms with Crippen LogP contribution in [0.4, 0.5) is 0 Å². The van der Waals surface area contributed by atoms with Crippen molar-refractivity contribution >= 4 is 16.1 Å². The molecule has 0 radical (unpaired) electrons. The van der Waals surface area contributed by atoms with E-state index in [0.717, 1.165) is 18.4 Å². The molecule has 0 heterocycles. The van der Waals surface area contributed by atoms with Crippen LogP contribution in [0, 0.1) is 5.92 Å². The van der Waals surface area contributed by atoms with Gasteiger partial charge in [-0.05, 0) is 37.7 Å². The molecule has 1 aromatic rings. The summed E-state index contributed by atoms with van der Waals surface area (Å²) in [4.78, 5) is 0. The Morgan fingerprint density at radius 2 is 1.80 bits per heavy atom. The SMILES string of the molecule is C/C=C\C(C(C)/C=C/c1ccccc1)S(=O)(=O)N(C)CCCCCO. The van der Waals surface area contributed by atoms with Crippen LogP contribution in [0.3, 0.4) is 0 Å². The van der Waals surface area contributed by atoms with E-state index in [1.807, 2.05) is 56.3 Å². The van der Waals surface area contributed by atoms with Crippen LogP contribution in [0.5, 0.6) is 0 Å². The zero-order chi connectivity index (χ0) is 18.7. The second kappa shape index (κ2) is 11.2. The standard InChI is InChI=1S/C20H31NO3S/c1-4-11-20(18(2)14-15-19-12-7-5-8-13-19)25(23,24)21(3)16-9-6-10-17-22/h4-5,7-8,11-15,18,20,22H,6,9-10,16-17H2,1-3H3/b11-4-,15-14+. The summed E-state index contributed by atoms with van der Waals surface area (Å²) in [6.07, 6.45) is 9.78. The van der Waals surface area contributed by atoms with Crippen LogP contribution < -0.4 is 0 Å². The highest BCUT2D eigenvalue weighted by Crippen LogP contribution is 2.21. The summed E-state index contributed by atoms with van der Waals surface area (Å²) in [7, 11) is -1.78. The van der Waals surface area contributed by atoms with Crippen molar-refractivity contribution in [3.8, 4) is 0 Å². The molecule has 0 saturated carbocycles. The minimum absolute atomic E-state index is 0.138. The Hall–Kier alpha value is -1.43. The molecule has 0 aromatic heterocycles. The number of rotatable bonds is 11. The molecule has 0 aliphatic carbocycles. The van der Waals surface area contributed by atoms with Crippen molar-refractivity contribution < 1.29 is 13.5 Å². The van der Waals surface area contributed by atoms with Crippen LogP contribution in [-0.4, -0.2) is 43.3 Å². The highest BCUT2D eigenvalue weighted by atomic mass is 32.2. The van der Waals surface area contributed by atoms with Gasteiger partial charge in [-0.15, -0.1) is 0 Å². The molecular weight excluding hydrogens is 334 g/mol. The van der Waals surface area contributed by atoms with Gasteiger partial charge in [-0.25, -0.2) is 12.7 Å². The number of allylic oxidation sites excluding steroid dienone is 2. The van der Waals surface area contributed by atoms with E-state index in [9.17, 15) is 8.42 Å². The van der Waals surface area contributed by atoms with Crippen LogP contribution >= 0.6 is 0 Å². The first kappa shape index (κ1) is 21.6. The van der Waals surface area contributed by atoms with Gasteiger partial charge in [0.05, 0.1) is 5.25 Å². The van der Waals surface area contributed by atoms with Gasteiger partial charge in [-0.2, -0.15) is 0 Å². The third-order valence-electron chi connectivity index (χ3n) is 4.20. The summed E-state index contributed by atoms with van der Waals surface area (Å²) < 4.78 is 27.3. The molecule has 0 aliphatic heterocycles. The molecule has 0 aliphatic rings. The lowest BCUT2D eigenvalue weighted by atomic mass is 10.0. The number of hydrogen-bond acceptors (Lipinski definition) is 3. The monoisotopic (exact) mass is 365 g/mol. The van der Waals surface area contributed by atoms with Crippen molar-refractivity contribution in [3.63, 3.8) is 0 Å². The van der Waals surface area contributed by atoms with Crippen LogP contribution in [0.25, 0.3) is 6.08 Å². The first-order valence-electron chi connectivity index (χ1n) is 8.85. The maximum atomic E-state index is 12.9. The smallest absolute Gasteiger partial charge is 0.220 e. The summed E-state index contributed by atoms with van der Waals surface area (Å²) in [6, 6.07) is 9.88. The number of unbranched alkanes of at least 4 members (excludes halogenated alkanes) is 2. The molecule has 1 aromatic carbocycles. The summed E-state index contributed by atoms with van der Waals surface area (Å²) in [5.41, 5.74) is 1.06. The first-order valence-corrected chi connectivity index (χ1v) is 10.4. The average molecular weight is 366 g/mol. The maximum Gasteiger partial charge on any atom is 0.220 e. The molecule has 0 saturated heterocycles. The fraction of sp³-hybridized carbons (Fsp3) is 0.500. The second-order valence-corrected chi connectivity index (χ2v) is 8.47.